The highest BCUT2D eigenvalue weighted by atomic mass is 32.1. The molecular weight excluding hydrogens is 312 g/mol. The van der Waals surface area contributed by atoms with Gasteiger partial charge in [0.15, 0.2) is 0 Å². The molecule has 5 nitrogen and oxygen atoms in total. The van der Waals surface area contributed by atoms with E-state index in [0.29, 0.717) is 11.4 Å². The Morgan fingerprint density at radius 3 is 2.65 bits per heavy atom. The molecule has 0 aliphatic carbocycles. The summed E-state index contributed by atoms with van der Waals surface area (Å²) in [6.07, 6.45) is -0.505. The molecule has 1 aromatic carbocycles. The number of anilines is 2. The largest absolute Gasteiger partial charge is 0.494 e. The summed E-state index contributed by atoms with van der Waals surface area (Å²) in [6, 6.07) is 9.63. The second kappa shape index (κ2) is 7.37. The van der Waals surface area contributed by atoms with Gasteiger partial charge in [-0.25, -0.2) is 4.79 Å². The van der Waals surface area contributed by atoms with E-state index in [9.17, 15) is 4.79 Å². The number of carbonyl (C=O) groups excluding carboxylic acids is 1. The van der Waals surface area contributed by atoms with Crippen LogP contribution in [-0.2, 0) is 11.3 Å². The molecule has 0 spiro atoms. The molecule has 0 aliphatic rings. The number of hydrogen-bond donors (Lipinski definition) is 2. The summed E-state index contributed by atoms with van der Waals surface area (Å²) in [5.74, 6) is 0.576. The highest BCUT2D eigenvalue weighted by Crippen LogP contribution is 2.29. The minimum absolute atomic E-state index is 0.505. The Bertz CT molecular complexity index is 648. The van der Waals surface area contributed by atoms with E-state index in [2.05, 4.69) is 16.7 Å². The van der Waals surface area contributed by atoms with Gasteiger partial charge in [-0.3, -0.25) is 5.32 Å². The predicted molar refractivity (Wildman–Crippen MR) is 94.5 cm³/mol. The lowest BCUT2D eigenvalue weighted by Crippen LogP contribution is -2.27. The van der Waals surface area contributed by atoms with Gasteiger partial charge in [0, 0.05) is 23.2 Å². The summed E-state index contributed by atoms with van der Waals surface area (Å²) in [6.45, 7) is 6.21. The fourth-order valence-corrected chi connectivity index (χ4v) is 2.56. The molecule has 6 heteroatoms. The first-order valence-corrected chi connectivity index (χ1v) is 8.19. The van der Waals surface area contributed by atoms with Crippen molar-refractivity contribution < 1.29 is 14.3 Å². The van der Waals surface area contributed by atoms with E-state index in [0.717, 1.165) is 12.2 Å². The Balaban J connectivity index is 2.02. The smallest absolute Gasteiger partial charge is 0.412 e. The predicted octanol–water partition coefficient (Wildman–Crippen LogP) is 4.72. The summed E-state index contributed by atoms with van der Waals surface area (Å²) in [7, 11) is 1.57. The Hall–Kier alpha value is -2.21. The molecule has 0 saturated carbocycles. The van der Waals surface area contributed by atoms with Gasteiger partial charge in [-0.05, 0) is 44.4 Å². The van der Waals surface area contributed by atoms with Crippen molar-refractivity contribution in [2.75, 3.05) is 17.7 Å². The normalized spacial score (nSPS) is 11.0. The van der Waals surface area contributed by atoms with Crippen LogP contribution in [0.3, 0.4) is 0 Å². The molecule has 1 heterocycles. The van der Waals surface area contributed by atoms with E-state index >= 15 is 0 Å². The maximum Gasteiger partial charge on any atom is 0.412 e. The first kappa shape index (κ1) is 17.1. The average Bonchev–Trinajstić information content (AvgIpc) is 2.97. The fourth-order valence-electron chi connectivity index (χ4n) is 1.92. The summed E-state index contributed by atoms with van der Waals surface area (Å²) in [4.78, 5) is 13.1. The third-order valence-electron chi connectivity index (χ3n) is 2.88. The molecule has 0 saturated heterocycles. The van der Waals surface area contributed by atoms with Gasteiger partial charge in [0.1, 0.15) is 11.4 Å². The van der Waals surface area contributed by atoms with Crippen molar-refractivity contribution in [3.8, 4) is 5.75 Å². The van der Waals surface area contributed by atoms with Crippen LogP contribution in [0.25, 0.3) is 0 Å². The van der Waals surface area contributed by atoms with E-state index in [4.69, 9.17) is 9.47 Å². The van der Waals surface area contributed by atoms with Crippen LogP contribution in [0.2, 0.25) is 0 Å². The molecule has 0 fully saturated rings. The fraction of sp³-hybridized carbons (Fsp3) is 0.353. The van der Waals surface area contributed by atoms with E-state index in [1.165, 1.54) is 4.88 Å². The van der Waals surface area contributed by atoms with Crippen molar-refractivity contribution in [2.45, 2.75) is 32.9 Å². The molecule has 2 aromatic rings. The van der Waals surface area contributed by atoms with Crippen LogP contribution in [0.5, 0.6) is 5.75 Å². The zero-order valence-electron chi connectivity index (χ0n) is 13.8. The monoisotopic (exact) mass is 334 g/mol. The second-order valence-electron chi connectivity index (χ2n) is 5.97. The molecule has 0 bridgehead atoms. The molecule has 0 unspecified atom stereocenters. The Kier molecular flexibility index (Phi) is 5.50. The van der Waals surface area contributed by atoms with Crippen LogP contribution >= 0.6 is 11.3 Å². The second-order valence-corrected chi connectivity index (χ2v) is 7.01. The number of thiophene rings is 1. The van der Waals surface area contributed by atoms with Crippen LogP contribution in [-0.4, -0.2) is 18.8 Å². The summed E-state index contributed by atoms with van der Waals surface area (Å²) in [5.41, 5.74) is 0.952. The Labute approximate surface area is 140 Å². The standard InChI is InChI=1S/C17H22N2O3S/c1-17(2,3)22-16(20)19-14-8-7-12(10-15(14)21-4)18-11-13-6-5-9-23-13/h5-10,18H,11H2,1-4H3,(H,19,20). The maximum absolute atomic E-state index is 11.9. The van der Waals surface area contributed by atoms with Crippen molar-refractivity contribution in [2.24, 2.45) is 0 Å². The molecule has 23 heavy (non-hydrogen) atoms. The SMILES string of the molecule is COc1cc(NCc2cccs2)ccc1NC(=O)OC(C)(C)C. The van der Waals surface area contributed by atoms with E-state index < -0.39 is 11.7 Å². The lowest BCUT2D eigenvalue weighted by Gasteiger charge is -2.20. The Morgan fingerprint density at radius 2 is 2.04 bits per heavy atom. The van der Waals surface area contributed by atoms with Crippen LogP contribution in [0.1, 0.15) is 25.6 Å². The average molecular weight is 334 g/mol. The molecular formula is C17H22N2O3S. The van der Waals surface area contributed by atoms with Gasteiger partial charge in [-0.2, -0.15) is 0 Å². The minimum Gasteiger partial charge on any atom is -0.494 e. The van der Waals surface area contributed by atoms with Crippen LogP contribution in [0.15, 0.2) is 35.7 Å². The van der Waals surface area contributed by atoms with E-state index in [1.807, 2.05) is 44.4 Å². The van der Waals surface area contributed by atoms with Crippen molar-refractivity contribution in [1.82, 2.24) is 0 Å². The summed E-state index contributed by atoms with van der Waals surface area (Å²) < 4.78 is 10.6. The number of rotatable bonds is 5. The number of benzene rings is 1. The van der Waals surface area contributed by atoms with E-state index in [1.54, 1.807) is 24.5 Å². The third-order valence-corrected chi connectivity index (χ3v) is 3.76. The minimum atomic E-state index is -0.542. The van der Waals surface area contributed by atoms with Crippen LogP contribution in [0.4, 0.5) is 16.2 Å². The van der Waals surface area contributed by atoms with Gasteiger partial charge < -0.3 is 14.8 Å². The van der Waals surface area contributed by atoms with Crippen molar-refractivity contribution in [3.05, 3.63) is 40.6 Å². The molecule has 2 N–H and O–H groups in total. The molecule has 124 valence electrons. The number of nitrogens with one attached hydrogen (secondary N) is 2. The zero-order valence-corrected chi connectivity index (χ0v) is 14.6. The molecule has 0 radical (unpaired) electrons. The number of carbonyl (C=O) groups is 1. The number of ether oxygens (including phenoxy) is 2. The molecule has 2 rings (SSSR count). The maximum atomic E-state index is 11.9. The van der Waals surface area contributed by atoms with Crippen LogP contribution in [0, 0.1) is 0 Å². The van der Waals surface area contributed by atoms with Gasteiger partial charge in [0.25, 0.3) is 0 Å². The lowest BCUT2D eigenvalue weighted by molar-refractivity contribution is 0.0635. The molecule has 1 aromatic heterocycles. The Morgan fingerprint density at radius 1 is 1.26 bits per heavy atom. The highest BCUT2D eigenvalue weighted by molar-refractivity contribution is 7.09. The number of amides is 1. The number of methoxy groups -OCH3 is 1. The van der Waals surface area contributed by atoms with Crippen LogP contribution < -0.4 is 15.4 Å². The first-order chi connectivity index (χ1) is 10.9. The van der Waals surface area contributed by atoms with Gasteiger partial charge >= 0.3 is 6.09 Å². The van der Waals surface area contributed by atoms with Gasteiger partial charge in [-0.1, -0.05) is 6.07 Å². The molecule has 0 aliphatic heterocycles. The molecule has 0 atom stereocenters. The molecule has 1 amide bonds. The summed E-state index contributed by atoms with van der Waals surface area (Å²) >= 11 is 1.70. The third kappa shape index (κ3) is 5.49. The van der Waals surface area contributed by atoms with Gasteiger partial charge in [-0.15, -0.1) is 11.3 Å². The van der Waals surface area contributed by atoms with Crippen molar-refractivity contribution in [3.63, 3.8) is 0 Å². The lowest BCUT2D eigenvalue weighted by atomic mass is 10.2. The zero-order chi connectivity index (χ0) is 16.9. The van der Waals surface area contributed by atoms with Gasteiger partial charge in [0.2, 0.25) is 0 Å². The quantitative estimate of drug-likeness (QED) is 0.831. The number of hydrogen-bond acceptors (Lipinski definition) is 5. The van der Waals surface area contributed by atoms with E-state index in [-0.39, 0.29) is 0 Å². The topological polar surface area (TPSA) is 59.6 Å². The first-order valence-electron chi connectivity index (χ1n) is 7.32. The highest BCUT2D eigenvalue weighted by Gasteiger charge is 2.17. The van der Waals surface area contributed by atoms with Crippen molar-refractivity contribution in [1.29, 1.82) is 0 Å². The van der Waals surface area contributed by atoms with Crippen molar-refractivity contribution >= 4 is 28.8 Å². The van der Waals surface area contributed by atoms with Gasteiger partial charge in [0.05, 0.1) is 12.8 Å². The summed E-state index contributed by atoms with van der Waals surface area (Å²) in [5, 5.41) is 8.08.